The highest BCUT2D eigenvalue weighted by molar-refractivity contribution is 5.51. The molecule has 22 heavy (non-hydrogen) atoms. The first-order chi connectivity index (χ1) is 10.4. The van der Waals surface area contributed by atoms with Gasteiger partial charge in [-0.15, -0.1) is 0 Å². The molecule has 0 fully saturated rings. The Morgan fingerprint density at radius 3 is 2.41 bits per heavy atom. The van der Waals surface area contributed by atoms with Gasteiger partial charge < -0.3 is 24.3 Å². The Labute approximate surface area is 132 Å². The van der Waals surface area contributed by atoms with E-state index in [0.29, 0.717) is 25.8 Å². The molecular formula is C17H27NO4. The van der Waals surface area contributed by atoms with Crippen LogP contribution in [0.3, 0.4) is 0 Å². The summed E-state index contributed by atoms with van der Waals surface area (Å²) in [5.74, 6) is 2.35. The van der Waals surface area contributed by atoms with Gasteiger partial charge in [0, 0.05) is 31.3 Å². The number of rotatable bonds is 7. The molecule has 1 aromatic rings. The maximum atomic E-state index is 5.64. The summed E-state index contributed by atoms with van der Waals surface area (Å²) in [5, 5.41) is 3.51. The van der Waals surface area contributed by atoms with Crippen molar-refractivity contribution in [1.29, 1.82) is 0 Å². The third-order valence-electron chi connectivity index (χ3n) is 3.94. The Balaban J connectivity index is 2.03. The summed E-state index contributed by atoms with van der Waals surface area (Å²) < 4.78 is 22.2. The van der Waals surface area contributed by atoms with Crippen LogP contribution in [0.2, 0.25) is 0 Å². The van der Waals surface area contributed by atoms with Gasteiger partial charge in [0.2, 0.25) is 0 Å². The molecule has 1 N–H and O–H groups in total. The van der Waals surface area contributed by atoms with Gasteiger partial charge in [-0.1, -0.05) is 0 Å². The molecule has 1 atom stereocenters. The molecule has 5 nitrogen and oxygen atoms in total. The first-order valence-corrected chi connectivity index (χ1v) is 7.70. The van der Waals surface area contributed by atoms with Gasteiger partial charge in [0.25, 0.3) is 0 Å². The lowest BCUT2D eigenvalue weighted by Crippen LogP contribution is -2.35. The van der Waals surface area contributed by atoms with Gasteiger partial charge in [-0.2, -0.15) is 0 Å². The summed E-state index contributed by atoms with van der Waals surface area (Å²) in [6.45, 7) is 8.22. The number of hydrogen-bond donors (Lipinski definition) is 1. The molecule has 0 bridgehead atoms. The highest BCUT2D eigenvalue weighted by Crippen LogP contribution is 2.36. The smallest absolute Gasteiger partial charge is 0.165 e. The number of benzene rings is 1. The summed E-state index contributed by atoms with van der Waals surface area (Å²) in [6, 6.07) is 4.22. The van der Waals surface area contributed by atoms with Gasteiger partial charge in [0.05, 0.1) is 12.7 Å². The Morgan fingerprint density at radius 1 is 1.18 bits per heavy atom. The fourth-order valence-corrected chi connectivity index (χ4v) is 2.62. The molecule has 1 unspecified atom stereocenters. The molecule has 0 saturated carbocycles. The van der Waals surface area contributed by atoms with Gasteiger partial charge in [-0.3, -0.25) is 0 Å². The third kappa shape index (κ3) is 4.27. The van der Waals surface area contributed by atoms with Crippen LogP contribution < -0.4 is 19.5 Å². The molecule has 1 aromatic carbocycles. The van der Waals surface area contributed by atoms with Crippen LogP contribution in [0.15, 0.2) is 12.1 Å². The Hall–Kier alpha value is -1.46. The fourth-order valence-electron chi connectivity index (χ4n) is 2.62. The molecule has 0 spiro atoms. The summed E-state index contributed by atoms with van der Waals surface area (Å²) >= 11 is 0. The molecule has 1 aliphatic heterocycles. The zero-order valence-corrected chi connectivity index (χ0v) is 14.2. The van der Waals surface area contributed by atoms with Crippen molar-refractivity contribution in [1.82, 2.24) is 5.32 Å². The van der Waals surface area contributed by atoms with Crippen molar-refractivity contribution >= 4 is 0 Å². The van der Waals surface area contributed by atoms with Crippen LogP contribution >= 0.6 is 0 Å². The largest absolute Gasteiger partial charge is 0.496 e. The molecule has 0 saturated heterocycles. The monoisotopic (exact) mass is 309 g/mol. The molecule has 0 aliphatic carbocycles. The van der Waals surface area contributed by atoms with Gasteiger partial charge in [0.1, 0.15) is 19.0 Å². The number of hydrogen-bond acceptors (Lipinski definition) is 5. The lowest BCUT2D eigenvalue weighted by molar-refractivity contribution is 0.00843. The van der Waals surface area contributed by atoms with Crippen LogP contribution in [0.5, 0.6) is 17.2 Å². The molecule has 0 radical (unpaired) electrons. The third-order valence-corrected chi connectivity index (χ3v) is 3.94. The fraction of sp³-hybridized carbons (Fsp3) is 0.647. The molecule has 1 heterocycles. The van der Waals surface area contributed by atoms with Gasteiger partial charge in [0.15, 0.2) is 11.5 Å². The first kappa shape index (κ1) is 16.9. The average molecular weight is 309 g/mol. The van der Waals surface area contributed by atoms with Crippen LogP contribution in [0.25, 0.3) is 0 Å². The minimum atomic E-state index is -0.136. The first-order valence-electron chi connectivity index (χ1n) is 7.70. The summed E-state index contributed by atoms with van der Waals surface area (Å²) in [4.78, 5) is 0. The highest BCUT2D eigenvalue weighted by Gasteiger charge is 2.21. The lowest BCUT2D eigenvalue weighted by atomic mass is 9.99. The molecule has 124 valence electrons. The number of ether oxygens (including phenoxy) is 4. The Kier molecular flexibility index (Phi) is 5.53. The number of methoxy groups -OCH3 is 2. The maximum Gasteiger partial charge on any atom is 0.165 e. The van der Waals surface area contributed by atoms with E-state index in [1.165, 1.54) is 0 Å². The molecule has 2 rings (SSSR count). The van der Waals surface area contributed by atoms with Crippen LogP contribution in [0.1, 0.15) is 32.8 Å². The van der Waals surface area contributed by atoms with Crippen molar-refractivity contribution < 1.29 is 18.9 Å². The second-order valence-corrected chi connectivity index (χ2v) is 6.26. The molecule has 5 heteroatoms. The molecule has 1 aliphatic rings. The van der Waals surface area contributed by atoms with E-state index in [4.69, 9.17) is 18.9 Å². The highest BCUT2D eigenvalue weighted by atomic mass is 16.6. The summed E-state index contributed by atoms with van der Waals surface area (Å²) in [7, 11) is 3.42. The van der Waals surface area contributed by atoms with E-state index in [0.717, 1.165) is 29.2 Å². The van der Waals surface area contributed by atoms with E-state index in [-0.39, 0.29) is 5.60 Å². The van der Waals surface area contributed by atoms with E-state index < -0.39 is 0 Å². The van der Waals surface area contributed by atoms with Crippen molar-refractivity contribution in [3.8, 4) is 17.2 Å². The number of fused-ring (bicyclic) bond motifs is 1. The van der Waals surface area contributed by atoms with Crippen LogP contribution in [-0.4, -0.2) is 39.1 Å². The van der Waals surface area contributed by atoms with E-state index in [2.05, 4.69) is 26.1 Å². The van der Waals surface area contributed by atoms with E-state index in [9.17, 15) is 0 Å². The van der Waals surface area contributed by atoms with Gasteiger partial charge in [-0.05, 0) is 33.3 Å². The lowest BCUT2D eigenvalue weighted by Gasteiger charge is -2.27. The topological polar surface area (TPSA) is 49.0 Å². The van der Waals surface area contributed by atoms with E-state index >= 15 is 0 Å². The summed E-state index contributed by atoms with van der Waals surface area (Å²) in [5.41, 5.74) is 0.928. The van der Waals surface area contributed by atoms with Crippen molar-refractivity contribution in [3.63, 3.8) is 0 Å². The summed E-state index contributed by atoms with van der Waals surface area (Å²) in [6.07, 6.45) is 0.927. The van der Waals surface area contributed by atoms with Crippen molar-refractivity contribution in [2.75, 3.05) is 27.4 Å². The number of nitrogens with one attached hydrogen (secondary N) is 1. The maximum absolute atomic E-state index is 5.64. The van der Waals surface area contributed by atoms with Crippen molar-refractivity contribution in [2.24, 2.45) is 0 Å². The predicted octanol–water partition coefficient (Wildman–Crippen LogP) is 2.76. The molecule has 0 amide bonds. The second-order valence-electron chi connectivity index (χ2n) is 6.26. The second kappa shape index (κ2) is 7.20. The van der Waals surface area contributed by atoms with E-state index in [1.54, 1.807) is 14.2 Å². The normalized spacial score (nSPS) is 15.5. The molecule has 0 aromatic heterocycles. The predicted molar refractivity (Wildman–Crippen MR) is 86.0 cm³/mol. The van der Waals surface area contributed by atoms with Gasteiger partial charge in [-0.25, -0.2) is 0 Å². The average Bonchev–Trinajstić information content (AvgIpc) is 2.51. The van der Waals surface area contributed by atoms with Crippen molar-refractivity contribution in [3.05, 3.63) is 17.7 Å². The standard InChI is InChI=1S/C17H27NO4/c1-12(10-17(2,3)20-5)18-11-13-8-15-16(9-14(13)19-4)22-7-6-21-15/h8-9,12,18H,6-7,10-11H2,1-5H3. The zero-order chi connectivity index (χ0) is 16.2. The van der Waals surface area contributed by atoms with Crippen LogP contribution in [0, 0.1) is 0 Å². The Bertz CT molecular complexity index is 502. The van der Waals surface area contributed by atoms with Crippen LogP contribution in [-0.2, 0) is 11.3 Å². The van der Waals surface area contributed by atoms with E-state index in [1.807, 2.05) is 12.1 Å². The quantitative estimate of drug-likeness (QED) is 0.839. The van der Waals surface area contributed by atoms with Crippen molar-refractivity contribution in [2.45, 2.75) is 45.4 Å². The minimum absolute atomic E-state index is 0.136. The SMILES string of the molecule is COc1cc2c(cc1CNC(C)CC(C)(C)OC)OCCO2. The Morgan fingerprint density at radius 2 is 1.82 bits per heavy atom. The zero-order valence-electron chi connectivity index (χ0n) is 14.2. The van der Waals surface area contributed by atoms with Gasteiger partial charge >= 0.3 is 0 Å². The molecular weight excluding hydrogens is 282 g/mol. The van der Waals surface area contributed by atoms with Crippen LogP contribution in [0.4, 0.5) is 0 Å². The minimum Gasteiger partial charge on any atom is -0.496 e.